The van der Waals surface area contributed by atoms with Crippen molar-refractivity contribution in [2.45, 2.75) is 45.6 Å². The molecule has 0 saturated carbocycles. The summed E-state index contributed by atoms with van der Waals surface area (Å²) in [4.78, 5) is 14.1. The van der Waals surface area contributed by atoms with Gasteiger partial charge in [-0.1, -0.05) is 32.9 Å². The average Bonchev–Trinajstić information content (AvgIpc) is 2.85. The van der Waals surface area contributed by atoms with E-state index in [1.807, 2.05) is 19.1 Å². The summed E-state index contributed by atoms with van der Waals surface area (Å²) in [6.07, 6.45) is 0.544. The summed E-state index contributed by atoms with van der Waals surface area (Å²) in [5, 5.41) is 3.14. The lowest BCUT2D eigenvalue weighted by Gasteiger charge is -2.27. The Labute approximate surface area is 145 Å². The zero-order valence-electron chi connectivity index (χ0n) is 15.0. The molecule has 134 valence electrons. The molecule has 1 amide bonds. The molecule has 1 unspecified atom stereocenters. The molecule has 0 aliphatic carbocycles. The van der Waals surface area contributed by atoms with Crippen LogP contribution in [0.15, 0.2) is 24.3 Å². The molecule has 0 aromatic heterocycles. The van der Waals surface area contributed by atoms with Crippen LogP contribution in [0.3, 0.4) is 0 Å². The summed E-state index contributed by atoms with van der Waals surface area (Å²) in [5.74, 6) is 0.218. The number of rotatable bonds is 5. The second-order valence-electron chi connectivity index (χ2n) is 7.42. The second kappa shape index (κ2) is 7.13. The maximum absolute atomic E-state index is 12.4. The van der Waals surface area contributed by atoms with Gasteiger partial charge in [0.2, 0.25) is 5.91 Å². The van der Waals surface area contributed by atoms with Crippen LogP contribution in [-0.4, -0.2) is 49.9 Å². The van der Waals surface area contributed by atoms with Gasteiger partial charge >= 0.3 is 0 Å². The Morgan fingerprint density at radius 3 is 2.33 bits per heavy atom. The highest BCUT2D eigenvalue weighted by molar-refractivity contribution is 7.91. The van der Waals surface area contributed by atoms with Crippen LogP contribution in [0.5, 0.6) is 0 Å². The molecule has 5 nitrogen and oxygen atoms in total. The van der Waals surface area contributed by atoms with Crippen LogP contribution >= 0.6 is 0 Å². The average molecular weight is 353 g/mol. The fraction of sp³-hybridized carbons (Fsp3) is 0.611. The zero-order chi connectivity index (χ0) is 18.0. The van der Waals surface area contributed by atoms with Gasteiger partial charge in [0.25, 0.3) is 0 Å². The van der Waals surface area contributed by atoms with Crippen LogP contribution in [0.2, 0.25) is 0 Å². The van der Waals surface area contributed by atoms with Crippen molar-refractivity contribution in [3.63, 3.8) is 0 Å². The second-order valence-corrected chi connectivity index (χ2v) is 9.65. The van der Waals surface area contributed by atoms with Crippen molar-refractivity contribution >= 4 is 21.4 Å². The van der Waals surface area contributed by atoms with Gasteiger partial charge in [0.15, 0.2) is 9.84 Å². The Kier molecular flexibility index (Phi) is 5.58. The Morgan fingerprint density at radius 2 is 1.88 bits per heavy atom. The SMILES string of the molecule is CCN(C(=O)CNc1ccc(C(C)(C)C)cc1)C1CCS(=O)(=O)C1. The normalized spacial score (nSPS) is 19.9. The van der Waals surface area contributed by atoms with Gasteiger partial charge in [-0.15, -0.1) is 0 Å². The van der Waals surface area contributed by atoms with E-state index in [1.165, 1.54) is 5.56 Å². The predicted octanol–water partition coefficient (Wildman–Crippen LogP) is 2.43. The number of nitrogens with zero attached hydrogens (tertiary/aromatic N) is 1. The van der Waals surface area contributed by atoms with Gasteiger partial charge in [-0.05, 0) is 36.5 Å². The number of benzene rings is 1. The molecule has 1 aliphatic rings. The van der Waals surface area contributed by atoms with Crippen molar-refractivity contribution in [2.75, 3.05) is 29.9 Å². The first-order valence-electron chi connectivity index (χ1n) is 8.46. The lowest BCUT2D eigenvalue weighted by molar-refractivity contribution is -0.130. The molecule has 24 heavy (non-hydrogen) atoms. The molecule has 0 radical (unpaired) electrons. The van der Waals surface area contributed by atoms with Crippen molar-refractivity contribution in [3.8, 4) is 0 Å². The number of carbonyl (C=O) groups is 1. The number of nitrogens with one attached hydrogen (secondary N) is 1. The molecule has 0 spiro atoms. The number of carbonyl (C=O) groups excluding carboxylic acids is 1. The third-order valence-electron chi connectivity index (χ3n) is 4.50. The first kappa shape index (κ1) is 18.8. The van der Waals surface area contributed by atoms with E-state index in [4.69, 9.17) is 0 Å². The van der Waals surface area contributed by atoms with E-state index >= 15 is 0 Å². The first-order valence-corrected chi connectivity index (χ1v) is 10.3. The van der Waals surface area contributed by atoms with E-state index in [-0.39, 0.29) is 35.4 Å². The Balaban J connectivity index is 1.94. The number of anilines is 1. The van der Waals surface area contributed by atoms with E-state index in [2.05, 4.69) is 38.2 Å². The summed E-state index contributed by atoms with van der Waals surface area (Å²) in [7, 11) is -2.98. The minimum Gasteiger partial charge on any atom is -0.376 e. The molecule has 6 heteroatoms. The van der Waals surface area contributed by atoms with E-state index < -0.39 is 9.84 Å². The summed E-state index contributed by atoms with van der Waals surface area (Å²) < 4.78 is 23.2. The molecule has 1 aliphatic heterocycles. The third kappa shape index (κ3) is 4.72. The smallest absolute Gasteiger partial charge is 0.242 e. The molecule has 1 fully saturated rings. The number of sulfone groups is 1. The van der Waals surface area contributed by atoms with Crippen LogP contribution in [-0.2, 0) is 20.0 Å². The molecule has 1 atom stereocenters. The quantitative estimate of drug-likeness (QED) is 0.884. The van der Waals surface area contributed by atoms with Crippen LogP contribution in [0.25, 0.3) is 0 Å². The minimum absolute atomic E-state index is 0.0560. The van der Waals surface area contributed by atoms with Crippen LogP contribution < -0.4 is 5.32 Å². The summed E-state index contributed by atoms with van der Waals surface area (Å²) in [5.41, 5.74) is 2.23. The maximum Gasteiger partial charge on any atom is 0.242 e. The van der Waals surface area contributed by atoms with Gasteiger partial charge in [-0.2, -0.15) is 0 Å². The van der Waals surface area contributed by atoms with Gasteiger partial charge in [0.05, 0.1) is 18.1 Å². The Hall–Kier alpha value is -1.56. The van der Waals surface area contributed by atoms with Gasteiger partial charge < -0.3 is 10.2 Å². The monoisotopic (exact) mass is 352 g/mol. The highest BCUT2D eigenvalue weighted by Gasteiger charge is 2.33. The van der Waals surface area contributed by atoms with Gasteiger partial charge in [-0.25, -0.2) is 8.42 Å². The lowest BCUT2D eigenvalue weighted by Crippen LogP contribution is -2.43. The van der Waals surface area contributed by atoms with Gasteiger partial charge in [0.1, 0.15) is 0 Å². The minimum atomic E-state index is -2.98. The van der Waals surface area contributed by atoms with E-state index in [1.54, 1.807) is 4.90 Å². The molecule has 1 heterocycles. The fourth-order valence-electron chi connectivity index (χ4n) is 3.03. The zero-order valence-corrected chi connectivity index (χ0v) is 15.8. The van der Waals surface area contributed by atoms with Crippen molar-refractivity contribution in [2.24, 2.45) is 0 Å². The van der Waals surface area contributed by atoms with E-state index in [0.29, 0.717) is 13.0 Å². The number of hydrogen-bond donors (Lipinski definition) is 1. The number of hydrogen-bond acceptors (Lipinski definition) is 4. The van der Waals surface area contributed by atoms with Crippen molar-refractivity contribution in [3.05, 3.63) is 29.8 Å². The number of amides is 1. The molecule has 2 rings (SSSR count). The topological polar surface area (TPSA) is 66.5 Å². The highest BCUT2D eigenvalue weighted by Crippen LogP contribution is 2.23. The van der Waals surface area contributed by atoms with Crippen LogP contribution in [0.4, 0.5) is 5.69 Å². The molecular weight excluding hydrogens is 324 g/mol. The van der Waals surface area contributed by atoms with Crippen molar-refractivity contribution < 1.29 is 13.2 Å². The third-order valence-corrected chi connectivity index (χ3v) is 6.26. The molecule has 1 aromatic rings. The summed E-state index contributed by atoms with van der Waals surface area (Å²) in [6, 6.07) is 7.90. The fourth-order valence-corrected chi connectivity index (χ4v) is 4.76. The Bertz CT molecular complexity index is 675. The standard InChI is InChI=1S/C18H28N2O3S/c1-5-20(16-10-11-24(22,23)13-16)17(21)12-19-15-8-6-14(7-9-15)18(2,3)4/h6-9,16,19H,5,10-13H2,1-4H3. The molecule has 1 saturated heterocycles. The summed E-state index contributed by atoms with van der Waals surface area (Å²) >= 11 is 0. The first-order chi connectivity index (χ1) is 11.1. The maximum atomic E-state index is 12.4. The Morgan fingerprint density at radius 1 is 1.25 bits per heavy atom. The van der Waals surface area contributed by atoms with Gasteiger partial charge in [-0.3, -0.25) is 4.79 Å². The van der Waals surface area contributed by atoms with Crippen LogP contribution in [0, 0.1) is 0 Å². The summed E-state index contributed by atoms with van der Waals surface area (Å²) in [6.45, 7) is 9.08. The van der Waals surface area contributed by atoms with Crippen molar-refractivity contribution in [1.29, 1.82) is 0 Å². The van der Waals surface area contributed by atoms with Crippen molar-refractivity contribution in [1.82, 2.24) is 4.90 Å². The molecular formula is C18H28N2O3S. The van der Waals surface area contributed by atoms with E-state index in [0.717, 1.165) is 5.69 Å². The molecule has 0 bridgehead atoms. The van der Waals surface area contributed by atoms with Crippen LogP contribution in [0.1, 0.15) is 39.7 Å². The molecule has 1 N–H and O–H groups in total. The highest BCUT2D eigenvalue weighted by atomic mass is 32.2. The van der Waals surface area contributed by atoms with Gasteiger partial charge in [0, 0.05) is 18.3 Å². The lowest BCUT2D eigenvalue weighted by atomic mass is 9.87. The van der Waals surface area contributed by atoms with E-state index in [9.17, 15) is 13.2 Å². The number of likely N-dealkylation sites (N-methyl/N-ethyl adjacent to an activating group) is 1. The predicted molar refractivity (Wildman–Crippen MR) is 98.1 cm³/mol. The largest absolute Gasteiger partial charge is 0.376 e. The molecule has 1 aromatic carbocycles.